The number of rotatable bonds is 8. The molecule has 2 heterocycles. The van der Waals surface area contributed by atoms with Gasteiger partial charge in [0.1, 0.15) is 10.8 Å². The lowest BCUT2D eigenvalue weighted by Crippen LogP contribution is -2.22. The number of benzene rings is 2. The van der Waals surface area contributed by atoms with E-state index in [1.807, 2.05) is 51.1 Å². The number of halogens is 1. The van der Waals surface area contributed by atoms with Crippen LogP contribution in [-0.4, -0.2) is 21.0 Å². The number of aromatic amines is 1. The monoisotopic (exact) mass is 495 g/mol. The van der Waals surface area contributed by atoms with Crippen LogP contribution in [0.1, 0.15) is 50.7 Å². The third-order valence-corrected chi connectivity index (χ3v) is 7.50. The van der Waals surface area contributed by atoms with E-state index >= 15 is 0 Å². The minimum absolute atomic E-state index is 0.0103. The average molecular weight is 496 g/mol. The second-order valence-corrected chi connectivity index (χ2v) is 10.3. The fourth-order valence-electron chi connectivity index (χ4n) is 4.35. The zero-order chi connectivity index (χ0) is 24.4. The number of aromatic hydroxyl groups is 1. The number of fused-ring (bicyclic) bond motifs is 1. The van der Waals surface area contributed by atoms with Crippen molar-refractivity contribution in [2.45, 2.75) is 53.4 Å². The van der Waals surface area contributed by atoms with Gasteiger partial charge in [-0.2, -0.15) is 0 Å². The van der Waals surface area contributed by atoms with E-state index in [4.69, 9.17) is 16.6 Å². The highest BCUT2D eigenvalue weighted by Gasteiger charge is 2.27. The van der Waals surface area contributed by atoms with Crippen LogP contribution in [0, 0.1) is 19.8 Å². The van der Waals surface area contributed by atoms with Crippen molar-refractivity contribution in [2.24, 2.45) is 5.92 Å². The first-order valence-electron chi connectivity index (χ1n) is 11.7. The Labute approximate surface area is 209 Å². The summed E-state index contributed by atoms with van der Waals surface area (Å²) in [6, 6.07) is 11.7. The van der Waals surface area contributed by atoms with Gasteiger partial charge in [0.05, 0.1) is 21.3 Å². The van der Waals surface area contributed by atoms with Crippen LogP contribution < -0.4 is 5.32 Å². The first-order chi connectivity index (χ1) is 16.3. The van der Waals surface area contributed by atoms with Gasteiger partial charge >= 0.3 is 0 Å². The molecule has 0 spiro atoms. The number of aromatic nitrogens is 2. The largest absolute Gasteiger partial charge is 0.494 e. The Morgan fingerprint density at radius 1 is 1.18 bits per heavy atom. The van der Waals surface area contributed by atoms with Crippen molar-refractivity contribution in [2.75, 3.05) is 5.32 Å². The summed E-state index contributed by atoms with van der Waals surface area (Å²) in [6.45, 7) is 8.22. The number of nitrogens with zero attached hydrogens (tertiary/aromatic N) is 1. The fourth-order valence-corrected chi connectivity index (χ4v) is 5.52. The molecule has 2 aromatic carbocycles. The average Bonchev–Trinajstić information content (AvgIpc) is 3.34. The van der Waals surface area contributed by atoms with E-state index in [9.17, 15) is 9.90 Å². The van der Waals surface area contributed by atoms with E-state index in [-0.39, 0.29) is 17.7 Å². The molecule has 1 amide bonds. The van der Waals surface area contributed by atoms with Crippen molar-refractivity contribution in [3.63, 3.8) is 0 Å². The van der Waals surface area contributed by atoms with E-state index < -0.39 is 0 Å². The molecular formula is C27H30ClN3O2S. The number of carbonyl (C=O) groups excluding carboxylic acids is 1. The molecule has 1 atom stereocenters. The lowest BCUT2D eigenvalue weighted by Gasteiger charge is -2.15. The summed E-state index contributed by atoms with van der Waals surface area (Å²) >= 11 is 7.70. The van der Waals surface area contributed by atoms with E-state index in [1.54, 1.807) is 0 Å². The van der Waals surface area contributed by atoms with Gasteiger partial charge in [-0.3, -0.25) is 4.79 Å². The minimum Gasteiger partial charge on any atom is -0.494 e. The van der Waals surface area contributed by atoms with Crippen LogP contribution >= 0.6 is 22.9 Å². The van der Waals surface area contributed by atoms with Gasteiger partial charge in [0, 0.05) is 10.9 Å². The molecule has 1 unspecified atom stereocenters. The third-order valence-electron chi connectivity index (χ3n) is 6.21. The predicted octanol–water partition coefficient (Wildman–Crippen LogP) is 8.09. The number of hydrogen-bond acceptors (Lipinski definition) is 4. The normalized spacial score (nSPS) is 12.3. The molecule has 0 radical (unpaired) electrons. The second kappa shape index (κ2) is 10.2. The lowest BCUT2D eigenvalue weighted by molar-refractivity contribution is -0.120. The first kappa shape index (κ1) is 24.3. The minimum atomic E-state index is -0.0861. The molecule has 5 nitrogen and oxygen atoms in total. The molecule has 4 rings (SSSR count). The molecule has 0 aliphatic carbocycles. The van der Waals surface area contributed by atoms with Crippen molar-refractivity contribution in [3.05, 3.63) is 52.5 Å². The molecule has 3 N–H and O–H groups in total. The van der Waals surface area contributed by atoms with Gasteiger partial charge in [-0.05, 0) is 56.0 Å². The number of thiazole rings is 1. The maximum absolute atomic E-state index is 13.2. The number of hydrogen-bond donors (Lipinski definition) is 3. The van der Waals surface area contributed by atoms with Crippen LogP contribution in [-0.2, 0) is 4.79 Å². The van der Waals surface area contributed by atoms with Crippen molar-refractivity contribution in [1.82, 2.24) is 9.97 Å². The Hall–Kier alpha value is -2.83. The molecule has 2 aromatic heterocycles. The number of carbonyl (C=O) groups is 1. The lowest BCUT2D eigenvalue weighted by atomic mass is 9.96. The van der Waals surface area contributed by atoms with Gasteiger partial charge in [0.15, 0.2) is 5.88 Å². The summed E-state index contributed by atoms with van der Waals surface area (Å²) in [5, 5.41) is 15.4. The maximum Gasteiger partial charge on any atom is 0.228 e. The number of nitrogens with one attached hydrogen (secondary N) is 2. The van der Waals surface area contributed by atoms with Crippen molar-refractivity contribution >= 4 is 44.9 Å². The van der Waals surface area contributed by atoms with Crippen LogP contribution in [0.15, 0.2) is 36.4 Å². The summed E-state index contributed by atoms with van der Waals surface area (Å²) in [5.74, 6) is 0.348. The number of aryl methyl sites for hydroxylation is 2. The predicted molar refractivity (Wildman–Crippen MR) is 143 cm³/mol. The Morgan fingerprint density at radius 2 is 1.97 bits per heavy atom. The topological polar surface area (TPSA) is 78.0 Å². The van der Waals surface area contributed by atoms with Crippen LogP contribution in [0.5, 0.6) is 5.88 Å². The summed E-state index contributed by atoms with van der Waals surface area (Å²) < 4.78 is 0.985. The van der Waals surface area contributed by atoms with Crippen molar-refractivity contribution in [1.29, 1.82) is 0 Å². The van der Waals surface area contributed by atoms with Crippen LogP contribution in [0.4, 0.5) is 5.82 Å². The summed E-state index contributed by atoms with van der Waals surface area (Å²) in [7, 11) is 0. The van der Waals surface area contributed by atoms with E-state index in [2.05, 4.69) is 23.3 Å². The van der Waals surface area contributed by atoms with E-state index in [1.165, 1.54) is 11.3 Å². The molecule has 0 fully saturated rings. The Morgan fingerprint density at radius 3 is 2.68 bits per heavy atom. The smallest absolute Gasteiger partial charge is 0.228 e. The highest BCUT2D eigenvalue weighted by atomic mass is 35.5. The van der Waals surface area contributed by atoms with Gasteiger partial charge in [-0.15, -0.1) is 11.3 Å². The first-order valence-corrected chi connectivity index (χ1v) is 12.9. The van der Waals surface area contributed by atoms with Gasteiger partial charge in [0.2, 0.25) is 5.91 Å². The molecule has 178 valence electrons. The van der Waals surface area contributed by atoms with Crippen LogP contribution in [0.3, 0.4) is 0 Å². The van der Waals surface area contributed by atoms with Crippen molar-refractivity contribution < 1.29 is 9.90 Å². The zero-order valence-corrected chi connectivity index (χ0v) is 21.5. The molecule has 0 saturated heterocycles. The van der Waals surface area contributed by atoms with E-state index in [0.29, 0.717) is 27.0 Å². The van der Waals surface area contributed by atoms with Gasteiger partial charge < -0.3 is 15.4 Å². The van der Waals surface area contributed by atoms with Gasteiger partial charge in [0.25, 0.3) is 0 Å². The zero-order valence-electron chi connectivity index (χ0n) is 20.0. The summed E-state index contributed by atoms with van der Waals surface area (Å²) in [4.78, 5) is 21.0. The maximum atomic E-state index is 13.2. The highest BCUT2D eigenvalue weighted by molar-refractivity contribution is 7.21. The molecule has 0 saturated carbocycles. The number of amides is 1. The number of anilines is 1. The van der Waals surface area contributed by atoms with Gasteiger partial charge in [-0.25, -0.2) is 4.98 Å². The fraction of sp³-hybridized carbons (Fsp3) is 0.333. The molecule has 0 aliphatic heterocycles. The molecular weight excluding hydrogens is 466 g/mol. The SMILES string of the molecule is CCCCC(CC)C(=O)Nc1[nH]c(O)c(-c2ccc(C)cc2C)c1-c1nc2cc(Cl)ccc2s1. The Balaban J connectivity index is 1.87. The van der Waals surface area contributed by atoms with Crippen LogP contribution in [0.25, 0.3) is 31.9 Å². The molecule has 0 bridgehead atoms. The molecule has 7 heteroatoms. The summed E-state index contributed by atoms with van der Waals surface area (Å²) in [6.07, 6.45) is 3.65. The Bertz CT molecular complexity index is 1340. The highest BCUT2D eigenvalue weighted by Crippen LogP contribution is 2.47. The standard InChI is InChI=1S/C27H30ClN3O2S/c1-5-7-8-17(6-2)25(32)30-24-23(27-29-20-14-18(28)10-12-21(20)34-27)22(26(33)31-24)19-11-9-15(3)13-16(19)4/h9-14,17,31,33H,5-8H2,1-4H3,(H,30,32). The molecule has 0 aliphatic rings. The third kappa shape index (κ3) is 4.84. The van der Waals surface area contributed by atoms with Crippen molar-refractivity contribution in [3.8, 4) is 27.6 Å². The molecule has 34 heavy (non-hydrogen) atoms. The number of H-pyrrole nitrogens is 1. The van der Waals surface area contributed by atoms with Gasteiger partial charge in [-0.1, -0.05) is 62.1 Å². The summed E-state index contributed by atoms with van der Waals surface area (Å²) in [5.41, 5.74) is 5.19. The molecule has 4 aromatic rings. The second-order valence-electron chi connectivity index (χ2n) is 8.78. The Kier molecular flexibility index (Phi) is 7.29. The van der Waals surface area contributed by atoms with E-state index in [0.717, 1.165) is 52.6 Å². The number of unbranched alkanes of at least 4 members (excludes halogenated alkanes) is 1. The van der Waals surface area contributed by atoms with Crippen LogP contribution in [0.2, 0.25) is 5.02 Å². The quantitative estimate of drug-likeness (QED) is 0.231.